The SMILES string of the molecule is O=C1CN[C@H](c2ccc([N+](=O)[O-])cc2)N1O. The van der Waals surface area contributed by atoms with Crippen molar-refractivity contribution in [3.63, 3.8) is 0 Å². The van der Waals surface area contributed by atoms with E-state index in [9.17, 15) is 20.1 Å². The van der Waals surface area contributed by atoms with Crippen molar-refractivity contribution in [2.75, 3.05) is 6.54 Å². The van der Waals surface area contributed by atoms with Crippen molar-refractivity contribution in [2.45, 2.75) is 6.17 Å². The number of benzene rings is 1. The minimum atomic E-state index is -0.631. The van der Waals surface area contributed by atoms with Gasteiger partial charge < -0.3 is 0 Å². The van der Waals surface area contributed by atoms with Gasteiger partial charge >= 0.3 is 0 Å². The highest BCUT2D eigenvalue weighted by Crippen LogP contribution is 2.22. The van der Waals surface area contributed by atoms with E-state index in [-0.39, 0.29) is 12.2 Å². The van der Waals surface area contributed by atoms with Crippen LogP contribution in [-0.2, 0) is 4.79 Å². The molecular weight excluding hydrogens is 214 g/mol. The summed E-state index contributed by atoms with van der Waals surface area (Å²) < 4.78 is 0. The number of rotatable bonds is 2. The number of hydroxylamine groups is 2. The van der Waals surface area contributed by atoms with E-state index in [1.165, 1.54) is 24.3 Å². The number of nitrogens with one attached hydrogen (secondary N) is 1. The molecule has 1 aliphatic heterocycles. The molecule has 0 spiro atoms. The molecule has 2 N–H and O–H groups in total. The van der Waals surface area contributed by atoms with Gasteiger partial charge in [-0.05, 0) is 17.7 Å². The number of hydrogen-bond acceptors (Lipinski definition) is 5. The molecule has 0 saturated carbocycles. The third kappa shape index (κ3) is 1.73. The fourth-order valence-electron chi connectivity index (χ4n) is 1.53. The maximum Gasteiger partial charge on any atom is 0.269 e. The highest BCUT2D eigenvalue weighted by atomic mass is 16.6. The Balaban J connectivity index is 2.22. The largest absolute Gasteiger partial charge is 0.284 e. The summed E-state index contributed by atoms with van der Waals surface area (Å²) in [4.78, 5) is 21.0. The molecule has 1 saturated heterocycles. The third-order valence-electron chi connectivity index (χ3n) is 2.37. The molecule has 2 rings (SSSR count). The minimum Gasteiger partial charge on any atom is -0.284 e. The fraction of sp³-hybridized carbons (Fsp3) is 0.222. The number of carbonyl (C=O) groups is 1. The molecule has 7 nitrogen and oxygen atoms in total. The van der Waals surface area contributed by atoms with Crippen LogP contribution in [0.3, 0.4) is 0 Å². The van der Waals surface area contributed by atoms with Crippen LogP contribution in [0.4, 0.5) is 5.69 Å². The van der Waals surface area contributed by atoms with Crippen molar-refractivity contribution in [1.82, 2.24) is 10.4 Å². The average Bonchev–Trinajstić information content (AvgIpc) is 2.60. The van der Waals surface area contributed by atoms with Crippen molar-refractivity contribution >= 4 is 11.6 Å². The van der Waals surface area contributed by atoms with E-state index >= 15 is 0 Å². The van der Waals surface area contributed by atoms with Gasteiger partial charge in [0.05, 0.1) is 11.5 Å². The summed E-state index contributed by atoms with van der Waals surface area (Å²) in [5.74, 6) is -0.427. The van der Waals surface area contributed by atoms with Gasteiger partial charge in [0.25, 0.3) is 11.6 Å². The Labute approximate surface area is 90.4 Å². The molecule has 16 heavy (non-hydrogen) atoms. The summed E-state index contributed by atoms with van der Waals surface area (Å²) in [6, 6.07) is 5.65. The molecule has 0 radical (unpaired) electrons. The number of nitro benzene ring substituents is 1. The molecule has 1 aliphatic rings. The van der Waals surface area contributed by atoms with Crippen LogP contribution in [0.5, 0.6) is 0 Å². The fourth-order valence-corrected chi connectivity index (χ4v) is 1.53. The van der Waals surface area contributed by atoms with Gasteiger partial charge in [0.15, 0.2) is 0 Å². The molecule has 1 aromatic carbocycles. The summed E-state index contributed by atoms with van der Waals surface area (Å²) >= 11 is 0. The lowest BCUT2D eigenvalue weighted by Crippen LogP contribution is -2.26. The van der Waals surface area contributed by atoms with Crippen LogP contribution >= 0.6 is 0 Å². The van der Waals surface area contributed by atoms with E-state index in [1.54, 1.807) is 0 Å². The van der Waals surface area contributed by atoms with Gasteiger partial charge in [0.2, 0.25) is 0 Å². The quantitative estimate of drug-likeness (QED) is 0.430. The number of nitrogens with zero attached hydrogens (tertiary/aromatic N) is 2. The molecule has 84 valence electrons. The van der Waals surface area contributed by atoms with Crippen LogP contribution in [0.1, 0.15) is 11.7 Å². The highest BCUT2D eigenvalue weighted by molar-refractivity contribution is 5.79. The molecule has 0 bridgehead atoms. The normalized spacial score (nSPS) is 20.2. The molecule has 1 atom stereocenters. The van der Waals surface area contributed by atoms with Gasteiger partial charge in [-0.2, -0.15) is 0 Å². The molecule has 0 aromatic heterocycles. The van der Waals surface area contributed by atoms with E-state index in [0.717, 1.165) is 0 Å². The maximum atomic E-state index is 11.0. The lowest BCUT2D eigenvalue weighted by atomic mass is 10.1. The van der Waals surface area contributed by atoms with E-state index in [2.05, 4.69) is 5.32 Å². The van der Waals surface area contributed by atoms with Gasteiger partial charge in [-0.15, -0.1) is 0 Å². The molecular formula is C9H9N3O4. The standard InChI is InChI=1S/C9H9N3O4/c13-8-5-10-9(11(8)14)6-1-3-7(4-2-6)12(15)16/h1-4,9-10,14H,5H2/t9-/m0/s1. The van der Waals surface area contributed by atoms with Crippen molar-refractivity contribution in [3.05, 3.63) is 39.9 Å². The van der Waals surface area contributed by atoms with Gasteiger partial charge in [0, 0.05) is 12.1 Å². The zero-order valence-electron chi connectivity index (χ0n) is 8.16. The highest BCUT2D eigenvalue weighted by Gasteiger charge is 2.30. The van der Waals surface area contributed by atoms with Crippen molar-refractivity contribution < 1.29 is 14.9 Å². The predicted octanol–water partition coefficient (Wildman–Crippen LogP) is 0.414. The summed E-state index contributed by atoms with van der Waals surface area (Å²) in [6.45, 7) is 0.0537. The van der Waals surface area contributed by atoms with Gasteiger partial charge in [-0.25, -0.2) is 5.06 Å². The van der Waals surface area contributed by atoms with Gasteiger partial charge in [-0.1, -0.05) is 0 Å². The maximum absolute atomic E-state index is 11.0. The second-order valence-corrected chi connectivity index (χ2v) is 3.37. The smallest absolute Gasteiger partial charge is 0.269 e. The number of amides is 1. The monoisotopic (exact) mass is 223 g/mol. The Kier molecular flexibility index (Phi) is 2.55. The van der Waals surface area contributed by atoms with Gasteiger partial charge in [-0.3, -0.25) is 25.4 Å². The van der Waals surface area contributed by atoms with Crippen LogP contribution in [0.15, 0.2) is 24.3 Å². The predicted molar refractivity (Wildman–Crippen MR) is 52.5 cm³/mol. The van der Waals surface area contributed by atoms with E-state index in [4.69, 9.17) is 0 Å². The first-order chi connectivity index (χ1) is 7.59. The molecule has 1 fully saturated rings. The second-order valence-electron chi connectivity index (χ2n) is 3.37. The number of nitro groups is 1. The number of non-ortho nitro benzene ring substituents is 1. The Morgan fingerprint density at radius 3 is 2.50 bits per heavy atom. The summed E-state index contributed by atoms with van der Waals surface area (Å²) in [5, 5.41) is 23.2. The van der Waals surface area contributed by atoms with Crippen LogP contribution in [-0.4, -0.2) is 27.6 Å². The lowest BCUT2D eigenvalue weighted by Gasteiger charge is -2.17. The average molecular weight is 223 g/mol. The second kappa shape index (κ2) is 3.87. The Morgan fingerprint density at radius 2 is 2.06 bits per heavy atom. The molecule has 7 heteroatoms. The first kappa shape index (κ1) is 10.5. The summed E-state index contributed by atoms with van der Waals surface area (Å²) in [7, 11) is 0. The molecule has 1 heterocycles. The lowest BCUT2D eigenvalue weighted by molar-refractivity contribution is -0.384. The number of carbonyl (C=O) groups excluding carboxylic acids is 1. The molecule has 1 aromatic rings. The van der Waals surface area contributed by atoms with E-state index in [1.807, 2.05) is 0 Å². The zero-order valence-corrected chi connectivity index (χ0v) is 8.16. The van der Waals surface area contributed by atoms with E-state index in [0.29, 0.717) is 10.6 Å². The Bertz CT molecular complexity index is 431. The van der Waals surface area contributed by atoms with Crippen molar-refractivity contribution in [2.24, 2.45) is 0 Å². The van der Waals surface area contributed by atoms with Crippen molar-refractivity contribution in [1.29, 1.82) is 0 Å². The van der Waals surface area contributed by atoms with E-state index < -0.39 is 17.0 Å². The first-order valence-electron chi connectivity index (χ1n) is 4.58. The summed E-state index contributed by atoms with van der Waals surface area (Å²) in [5.41, 5.74) is 0.566. The number of hydrogen-bond donors (Lipinski definition) is 2. The zero-order chi connectivity index (χ0) is 11.7. The minimum absolute atomic E-state index is 0.0300. The van der Waals surface area contributed by atoms with Gasteiger partial charge in [0.1, 0.15) is 6.17 Å². The topological polar surface area (TPSA) is 95.7 Å². The Morgan fingerprint density at radius 1 is 1.44 bits per heavy atom. The van der Waals surface area contributed by atoms with Crippen LogP contribution in [0.25, 0.3) is 0 Å². The molecule has 0 unspecified atom stereocenters. The van der Waals surface area contributed by atoms with Crippen LogP contribution < -0.4 is 5.32 Å². The Hall–Kier alpha value is -1.99. The van der Waals surface area contributed by atoms with Crippen LogP contribution in [0.2, 0.25) is 0 Å². The molecule has 1 amide bonds. The summed E-state index contributed by atoms with van der Waals surface area (Å²) in [6.07, 6.45) is -0.631. The van der Waals surface area contributed by atoms with Crippen molar-refractivity contribution in [3.8, 4) is 0 Å². The van der Waals surface area contributed by atoms with Crippen LogP contribution in [0, 0.1) is 10.1 Å². The third-order valence-corrected chi connectivity index (χ3v) is 2.37. The first-order valence-corrected chi connectivity index (χ1v) is 4.58. The molecule has 0 aliphatic carbocycles.